The zero-order valence-corrected chi connectivity index (χ0v) is 11.5. The fourth-order valence-electron chi connectivity index (χ4n) is 1.70. The average Bonchev–Trinajstić information content (AvgIpc) is 2.76. The summed E-state index contributed by atoms with van der Waals surface area (Å²) in [7, 11) is 2.03. The predicted molar refractivity (Wildman–Crippen MR) is 74.1 cm³/mol. The van der Waals surface area contributed by atoms with Crippen molar-refractivity contribution < 1.29 is 4.42 Å². The van der Waals surface area contributed by atoms with E-state index in [1.807, 2.05) is 32.2 Å². The number of benzene rings is 1. The Hall–Kier alpha value is -1.42. The first-order valence-corrected chi connectivity index (χ1v) is 6.16. The molecule has 17 heavy (non-hydrogen) atoms. The monoisotopic (exact) mass is 294 g/mol. The van der Waals surface area contributed by atoms with Crippen LogP contribution in [0.3, 0.4) is 0 Å². The van der Waals surface area contributed by atoms with Gasteiger partial charge in [0, 0.05) is 17.2 Å². The molecule has 3 nitrogen and oxygen atoms in total. The Balaban J connectivity index is 2.24. The SMILES string of the molecule is Cc1cc(N(C)Cc2ccco2)c(Br)cc1N. The van der Waals surface area contributed by atoms with Gasteiger partial charge in [0.2, 0.25) is 0 Å². The quantitative estimate of drug-likeness (QED) is 0.880. The van der Waals surface area contributed by atoms with Gasteiger partial charge in [0.25, 0.3) is 0 Å². The van der Waals surface area contributed by atoms with Crippen LogP contribution in [0.1, 0.15) is 11.3 Å². The molecule has 0 radical (unpaired) electrons. The summed E-state index contributed by atoms with van der Waals surface area (Å²) in [5, 5.41) is 0. The highest BCUT2D eigenvalue weighted by molar-refractivity contribution is 9.10. The molecule has 0 aliphatic rings. The zero-order valence-electron chi connectivity index (χ0n) is 9.90. The third-order valence-corrected chi connectivity index (χ3v) is 3.36. The molecule has 0 bridgehead atoms. The summed E-state index contributed by atoms with van der Waals surface area (Å²) >= 11 is 3.53. The molecular formula is C13H15BrN2O. The summed E-state index contributed by atoms with van der Waals surface area (Å²) < 4.78 is 6.33. The zero-order chi connectivity index (χ0) is 12.4. The van der Waals surface area contributed by atoms with Crippen molar-refractivity contribution in [3.63, 3.8) is 0 Å². The van der Waals surface area contributed by atoms with Crippen molar-refractivity contribution in [2.75, 3.05) is 17.7 Å². The van der Waals surface area contributed by atoms with Gasteiger partial charge in [-0.25, -0.2) is 0 Å². The smallest absolute Gasteiger partial charge is 0.123 e. The van der Waals surface area contributed by atoms with Gasteiger partial charge < -0.3 is 15.1 Å². The molecule has 90 valence electrons. The van der Waals surface area contributed by atoms with E-state index in [1.165, 1.54) is 0 Å². The van der Waals surface area contributed by atoms with Crippen molar-refractivity contribution >= 4 is 27.3 Å². The second kappa shape index (κ2) is 4.84. The van der Waals surface area contributed by atoms with Gasteiger partial charge in [0.05, 0.1) is 18.5 Å². The van der Waals surface area contributed by atoms with Crippen molar-refractivity contribution in [1.82, 2.24) is 0 Å². The largest absolute Gasteiger partial charge is 0.467 e. The van der Waals surface area contributed by atoms with Gasteiger partial charge in [-0.2, -0.15) is 0 Å². The predicted octanol–water partition coefficient (Wildman–Crippen LogP) is 3.57. The molecule has 0 amide bonds. The van der Waals surface area contributed by atoms with Crippen LogP contribution in [0, 0.1) is 6.92 Å². The molecule has 1 aromatic carbocycles. The molecule has 1 heterocycles. The molecule has 4 heteroatoms. The lowest BCUT2D eigenvalue weighted by atomic mass is 10.1. The number of furan rings is 1. The standard InChI is InChI=1S/C13H15BrN2O/c1-9-6-13(11(14)7-12(9)15)16(2)8-10-4-3-5-17-10/h3-7H,8,15H2,1-2H3. The van der Waals surface area contributed by atoms with Crippen molar-refractivity contribution in [2.45, 2.75) is 13.5 Å². The molecule has 1 aromatic heterocycles. The first-order valence-electron chi connectivity index (χ1n) is 5.37. The number of hydrogen-bond donors (Lipinski definition) is 1. The van der Waals surface area contributed by atoms with E-state index in [1.54, 1.807) is 6.26 Å². The van der Waals surface area contributed by atoms with Gasteiger partial charge in [-0.1, -0.05) is 0 Å². The van der Waals surface area contributed by atoms with E-state index in [-0.39, 0.29) is 0 Å². The first kappa shape index (κ1) is 12.0. The topological polar surface area (TPSA) is 42.4 Å². The summed E-state index contributed by atoms with van der Waals surface area (Å²) in [4.78, 5) is 2.12. The van der Waals surface area contributed by atoms with E-state index in [0.29, 0.717) is 0 Å². The van der Waals surface area contributed by atoms with Gasteiger partial charge in [-0.05, 0) is 52.7 Å². The number of hydrogen-bond acceptors (Lipinski definition) is 3. The van der Waals surface area contributed by atoms with Crippen LogP contribution in [0.4, 0.5) is 11.4 Å². The van der Waals surface area contributed by atoms with Crippen LogP contribution in [0.2, 0.25) is 0 Å². The third-order valence-electron chi connectivity index (χ3n) is 2.72. The molecule has 0 aliphatic heterocycles. The summed E-state index contributed by atoms with van der Waals surface area (Å²) in [6, 6.07) is 7.87. The molecule has 0 saturated heterocycles. The van der Waals surface area contributed by atoms with Crippen molar-refractivity contribution in [1.29, 1.82) is 0 Å². The lowest BCUT2D eigenvalue weighted by Gasteiger charge is -2.20. The Bertz CT molecular complexity index is 508. The Morgan fingerprint density at radius 2 is 2.18 bits per heavy atom. The van der Waals surface area contributed by atoms with Crippen LogP contribution in [0.5, 0.6) is 0 Å². The number of anilines is 2. The van der Waals surface area contributed by atoms with Gasteiger partial charge in [-0.15, -0.1) is 0 Å². The van der Waals surface area contributed by atoms with E-state index in [4.69, 9.17) is 10.2 Å². The van der Waals surface area contributed by atoms with Crippen LogP contribution in [0.25, 0.3) is 0 Å². The number of nitrogen functional groups attached to an aromatic ring is 1. The highest BCUT2D eigenvalue weighted by Gasteiger charge is 2.09. The molecule has 0 atom stereocenters. The van der Waals surface area contributed by atoms with E-state index >= 15 is 0 Å². The Morgan fingerprint density at radius 3 is 2.82 bits per heavy atom. The molecule has 2 N–H and O–H groups in total. The molecule has 0 spiro atoms. The van der Waals surface area contributed by atoms with Crippen molar-refractivity contribution in [3.8, 4) is 0 Å². The second-order valence-corrected chi connectivity index (χ2v) is 4.95. The lowest BCUT2D eigenvalue weighted by molar-refractivity contribution is 0.507. The van der Waals surface area contributed by atoms with Crippen LogP contribution in [0.15, 0.2) is 39.4 Å². The van der Waals surface area contributed by atoms with Crippen LogP contribution in [-0.4, -0.2) is 7.05 Å². The lowest BCUT2D eigenvalue weighted by Crippen LogP contribution is -2.16. The van der Waals surface area contributed by atoms with Crippen LogP contribution < -0.4 is 10.6 Å². The van der Waals surface area contributed by atoms with E-state index in [0.717, 1.165) is 33.7 Å². The fourth-order valence-corrected chi connectivity index (χ4v) is 2.36. The highest BCUT2D eigenvalue weighted by atomic mass is 79.9. The summed E-state index contributed by atoms with van der Waals surface area (Å²) in [6.07, 6.45) is 1.69. The van der Waals surface area contributed by atoms with E-state index < -0.39 is 0 Å². The normalized spacial score (nSPS) is 10.5. The number of aryl methyl sites for hydroxylation is 1. The summed E-state index contributed by atoms with van der Waals surface area (Å²) in [6.45, 7) is 2.74. The number of nitrogens with two attached hydrogens (primary N) is 1. The Labute approximate surface area is 109 Å². The Morgan fingerprint density at radius 1 is 1.41 bits per heavy atom. The average molecular weight is 295 g/mol. The fraction of sp³-hybridized carbons (Fsp3) is 0.231. The molecule has 0 unspecified atom stereocenters. The maximum Gasteiger partial charge on any atom is 0.123 e. The van der Waals surface area contributed by atoms with Gasteiger partial charge in [-0.3, -0.25) is 0 Å². The van der Waals surface area contributed by atoms with Gasteiger partial charge >= 0.3 is 0 Å². The summed E-state index contributed by atoms with van der Waals surface area (Å²) in [5.74, 6) is 0.939. The third kappa shape index (κ3) is 2.64. The van der Waals surface area contributed by atoms with Crippen molar-refractivity contribution in [2.24, 2.45) is 0 Å². The van der Waals surface area contributed by atoms with E-state index in [2.05, 4.69) is 26.9 Å². The number of halogens is 1. The number of nitrogens with zero attached hydrogens (tertiary/aromatic N) is 1. The second-order valence-electron chi connectivity index (χ2n) is 4.10. The highest BCUT2D eigenvalue weighted by Crippen LogP contribution is 2.30. The van der Waals surface area contributed by atoms with Crippen LogP contribution >= 0.6 is 15.9 Å². The minimum atomic E-state index is 0.731. The van der Waals surface area contributed by atoms with E-state index in [9.17, 15) is 0 Å². The molecule has 0 saturated carbocycles. The minimum absolute atomic E-state index is 0.731. The number of rotatable bonds is 3. The van der Waals surface area contributed by atoms with Crippen LogP contribution in [-0.2, 0) is 6.54 Å². The minimum Gasteiger partial charge on any atom is -0.467 e. The van der Waals surface area contributed by atoms with Crippen molar-refractivity contribution in [3.05, 3.63) is 46.3 Å². The van der Waals surface area contributed by atoms with Gasteiger partial charge in [0.1, 0.15) is 5.76 Å². The first-order chi connectivity index (χ1) is 8.08. The molecule has 0 fully saturated rings. The maximum absolute atomic E-state index is 5.86. The van der Waals surface area contributed by atoms with Gasteiger partial charge in [0.15, 0.2) is 0 Å². The molecule has 2 rings (SSSR count). The summed E-state index contributed by atoms with van der Waals surface area (Å²) in [5.41, 5.74) is 8.84. The molecule has 2 aromatic rings. The Kier molecular flexibility index (Phi) is 3.43. The maximum atomic E-state index is 5.86. The molecule has 0 aliphatic carbocycles. The molecular weight excluding hydrogens is 280 g/mol.